The summed E-state index contributed by atoms with van der Waals surface area (Å²) < 4.78 is 5.47. The van der Waals surface area contributed by atoms with Gasteiger partial charge in [0, 0.05) is 37.7 Å². The van der Waals surface area contributed by atoms with Crippen LogP contribution in [0.2, 0.25) is 0 Å². The first kappa shape index (κ1) is 14.7. The van der Waals surface area contributed by atoms with Gasteiger partial charge in [-0.15, -0.1) is 0 Å². The molecule has 1 aliphatic rings. The van der Waals surface area contributed by atoms with Crippen molar-refractivity contribution in [3.63, 3.8) is 0 Å². The van der Waals surface area contributed by atoms with E-state index in [1.807, 2.05) is 30.5 Å². The Kier molecular flexibility index (Phi) is 5.15. The van der Waals surface area contributed by atoms with Crippen molar-refractivity contribution in [2.45, 2.75) is 25.3 Å². The lowest BCUT2D eigenvalue weighted by Crippen LogP contribution is -2.30. The molecule has 6 nitrogen and oxygen atoms in total. The normalized spacial score (nSPS) is 17.9. The fourth-order valence-corrected chi connectivity index (χ4v) is 2.44. The highest BCUT2D eigenvalue weighted by atomic mass is 16.5. The van der Waals surface area contributed by atoms with Crippen LogP contribution in [0.5, 0.6) is 0 Å². The van der Waals surface area contributed by atoms with Crippen molar-refractivity contribution in [2.75, 3.05) is 30.4 Å². The summed E-state index contributed by atoms with van der Waals surface area (Å²) in [6.07, 6.45) is 6.63. The van der Waals surface area contributed by atoms with Crippen molar-refractivity contribution in [2.24, 2.45) is 0 Å². The SMILES string of the molecule is c1ccc(CCNc2nccc(NC3CCCOC3)n2)nc1. The molecule has 0 aromatic carbocycles. The van der Waals surface area contributed by atoms with Crippen molar-refractivity contribution < 1.29 is 4.74 Å². The van der Waals surface area contributed by atoms with Crippen LogP contribution in [0.25, 0.3) is 0 Å². The van der Waals surface area contributed by atoms with E-state index in [-0.39, 0.29) is 0 Å². The maximum absolute atomic E-state index is 5.47. The summed E-state index contributed by atoms with van der Waals surface area (Å²) in [7, 11) is 0. The molecular weight excluding hydrogens is 278 g/mol. The fourth-order valence-electron chi connectivity index (χ4n) is 2.44. The van der Waals surface area contributed by atoms with Gasteiger partial charge in [0.05, 0.1) is 12.6 Å². The Hall–Kier alpha value is -2.21. The molecule has 0 bridgehead atoms. The molecule has 6 heteroatoms. The van der Waals surface area contributed by atoms with E-state index in [1.165, 1.54) is 0 Å². The molecule has 1 saturated heterocycles. The summed E-state index contributed by atoms with van der Waals surface area (Å²) in [5.74, 6) is 1.48. The molecule has 2 aromatic heterocycles. The highest BCUT2D eigenvalue weighted by molar-refractivity contribution is 5.40. The van der Waals surface area contributed by atoms with Gasteiger partial charge in [0.2, 0.25) is 5.95 Å². The smallest absolute Gasteiger partial charge is 0.224 e. The van der Waals surface area contributed by atoms with E-state index in [1.54, 1.807) is 6.20 Å². The maximum atomic E-state index is 5.47. The Labute approximate surface area is 130 Å². The number of ether oxygens (including phenoxy) is 1. The molecule has 1 atom stereocenters. The van der Waals surface area contributed by atoms with Crippen molar-refractivity contribution in [3.8, 4) is 0 Å². The highest BCUT2D eigenvalue weighted by Gasteiger charge is 2.14. The number of pyridine rings is 1. The Balaban J connectivity index is 1.50. The Morgan fingerprint density at radius 1 is 1.18 bits per heavy atom. The summed E-state index contributed by atoms with van der Waals surface area (Å²) in [5.41, 5.74) is 1.06. The number of rotatable bonds is 6. The third kappa shape index (κ3) is 4.39. The monoisotopic (exact) mass is 299 g/mol. The molecule has 0 aliphatic carbocycles. The maximum Gasteiger partial charge on any atom is 0.224 e. The van der Waals surface area contributed by atoms with Crippen LogP contribution in [0.4, 0.5) is 11.8 Å². The van der Waals surface area contributed by atoms with E-state index in [0.29, 0.717) is 12.0 Å². The summed E-state index contributed by atoms with van der Waals surface area (Å²) in [6, 6.07) is 8.16. The fraction of sp³-hybridized carbons (Fsp3) is 0.438. The second-order valence-electron chi connectivity index (χ2n) is 5.32. The molecular formula is C16H21N5O. The predicted octanol–water partition coefficient (Wildman–Crippen LogP) is 2.12. The highest BCUT2D eigenvalue weighted by Crippen LogP contribution is 2.13. The van der Waals surface area contributed by atoms with Crippen molar-refractivity contribution in [3.05, 3.63) is 42.4 Å². The second kappa shape index (κ2) is 7.70. The topological polar surface area (TPSA) is 72.0 Å². The molecule has 0 spiro atoms. The molecule has 0 amide bonds. The summed E-state index contributed by atoms with van der Waals surface area (Å²) in [5, 5.41) is 6.64. The van der Waals surface area contributed by atoms with E-state index < -0.39 is 0 Å². The summed E-state index contributed by atoms with van der Waals surface area (Å²) >= 11 is 0. The lowest BCUT2D eigenvalue weighted by molar-refractivity contribution is 0.0875. The zero-order chi connectivity index (χ0) is 15.0. The zero-order valence-electron chi connectivity index (χ0n) is 12.5. The average molecular weight is 299 g/mol. The van der Waals surface area contributed by atoms with E-state index in [2.05, 4.69) is 25.6 Å². The van der Waals surface area contributed by atoms with Gasteiger partial charge in [-0.25, -0.2) is 4.98 Å². The predicted molar refractivity (Wildman–Crippen MR) is 85.9 cm³/mol. The quantitative estimate of drug-likeness (QED) is 0.851. The van der Waals surface area contributed by atoms with Crippen LogP contribution in [-0.4, -0.2) is 40.8 Å². The van der Waals surface area contributed by atoms with Crippen LogP contribution in [-0.2, 0) is 11.2 Å². The molecule has 1 unspecified atom stereocenters. The minimum Gasteiger partial charge on any atom is -0.379 e. The zero-order valence-corrected chi connectivity index (χ0v) is 12.5. The van der Waals surface area contributed by atoms with Gasteiger partial charge in [0.15, 0.2) is 0 Å². The van der Waals surface area contributed by atoms with Gasteiger partial charge < -0.3 is 15.4 Å². The number of hydrogen-bond donors (Lipinski definition) is 2. The standard InChI is InChI=1S/C16H21N5O/c1-2-8-17-13(4-1)6-9-18-16-19-10-7-15(21-16)20-14-5-3-11-22-12-14/h1-2,4,7-8,10,14H,3,5-6,9,11-12H2,(H2,18,19,20,21). The van der Waals surface area contributed by atoms with Crippen LogP contribution in [0, 0.1) is 0 Å². The Morgan fingerprint density at radius 3 is 3.00 bits per heavy atom. The van der Waals surface area contributed by atoms with Gasteiger partial charge in [0.1, 0.15) is 5.82 Å². The van der Waals surface area contributed by atoms with Crippen LogP contribution >= 0.6 is 0 Å². The van der Waals surface area contributed by atoms with E-state index in [9.17, 15) is 0 Å². The minimum atomic E-state index is 0.338. The molecule has 1 aliphatic heterocycles. The van der Waals surface area contributed by atoms with Gasteiger partial charge >= 0.3 is 0 Å². The van der Waals surface area contributed by atoms with E-state index in [0.717, 1.165) is 50.5 Å². The third-order valence-electron chi connectivity index (χ3n) is 3.56. The first-order chi connectivity index (χ1) is 10.9. The number of nitrogens with zero attached hydrogens (tertiary/aromatic N) is 3. The molecule has 0 saturated carbocycles. The molecule has 0 radical (unpaired) electrons. The largest absolute Gasteiger partial charge is 0.379 e. The number of anilines is 2. The Bertz CT molecular complexity index is 572. The van der Waals surface area contributed by atoms with Crippen molar-refractivity contribution in [1.82, 2.24) is 15.0 Å². The van der Waals surface area contributed by atoms with Crippen LogP contribution in [0.15, 0.2) is 36.7 Å². The molecule has 2 N–H and O–H groups in total. The number of nitrogens with one attached hydrogen (secondary N) is 2. The second-order valence-corrected chi connectivity index (χ2v) is 5.32. The van der Waals surface area contributed by atoms with Crippen molar-refractivity contribution in [1.29, 1.82) is 0 Å². The number of hydrogen-bond acceptors (Lipinski definition) is 6. The lowest BCUT2D eigenvalue weighted by atomic mass is 10.1. The van der Waals surface area contributed by atoms with Crippen LogP contribution in [0.1, 0.15) is 18.5 Å². The molecule has 3 rings (SSSR count). The lowest BCUT2D eigenvalue weighted by Gasteiger charge is -2.23. The average Bonchev–Trinajstić information content (AvgIpc) is 2.57. The molecule has 3 heterocycles. The minimum absolute atomic E-state index is 0.338. The van der Waals surface area contributed by atoms with Gasteiger partial charge in [-0.3, -0.25) is 4.98 Å². The van der Waals surface area contributed by atoms with Crippen molar-refractivity contribution >= 4 is 11.8 Å². The van der Waals surface area contributed by atoms with Gasteiger partial charge in [0.25, 0.3) is 0 Å². The van der Waals surface area contributed by atoms with E-state index >= 15 is 0 Å². The first-order valence-electron chi connectivity index (χ1n) is 7.71. The molecule has 2 aromatic rings. The van der Waals surface area contributed by atoms with Crippen LogP contribution < -0.4 is 10.6 Å². The molecule has 22 heavy (non-hydrogen) atoms. The summed E-state index contributed by atoms with van der Waals surface area (Å²) in [4.78, 5) is 13.0. The van der Waals surface area contributed by atoms with Crippen LogP contribution in [0.3, 0.4) is 0 Å². The number of aromatic nitrogens is 3. The summed E-state index contributed by atoms with van der Waals surface area (Å²) in [6.45, 7) is 2.36. The van der Waals surface area contributed by atoms with Gasteiger partial charge in [-0.1, -0.05) is 6.07 Å². The third-order valence-corrected chi connectivity index (χ3v) is 3.56. The van der Waals surface area contributed by atoms with Gasteiger partial charge in [-0.05, 0) is 31.0 Å². The first-order valence-corrected chi connectivity index (χ1v) is 7.71. The van der Waals surface area contributed by atoms with E-state index in [4.69, 9.17) is 4.74 Å². The van der Waals surface area contributed by atoms with Gasteiger partial charge in [-0.2, -0.15) is 4.98 Å². The molecule has 116 valence electrons. The molecule has 1 fully saturated rings. The Morgan fingerprint density at radius 2 is 2.18 bits per heavy atom.